The van der Waals surface area contributed by atoms with E-state index in [4.69, 9.17) is 9.47 Å². The molecule has 6 nitrogen and oxygen atoms in total. The van der Waals surface area contributed by atoms with E-state index in [0.717, 1.165) is 27.9 Å². The number of anilines is 2. The zero-order valence-corrected chi connectivity index (χ0v) is 18.8. The first-order valence-corrected chi connectivity index (χ1v) is 10.9. The van der Waals surface area contributed by atoms with Crippen molar-refractivity contribution in [3.8, 4) is 11.5 Å². The molecular weight excluding hydrogens is 416 g/mol. The number of nitrogens with one attached hydrogen (secondary N) is 1. The summed E-state index contributed by atoms with van der Waals surface area (Å²) in [5.41, 5.74) is 5.56. The Balaban J connectivity index is 1.63. The summed E-state index contributed by atoms with van der Waals surface area (Å²) in [4.78, 5) is 28.6. The van der Waals surface area contributed by atoms with Gasteiger partial charge in [-0.2, -0.15) is 0 Å². The predicted octanol–water partition coefficient (Wildman–Crippen LogP) is 4.78. The number of benzene rings is 3. The molecule has 0 aromatic heterocycles. The van der Waals surface area contributed by atoms with Gasteiger partial charge in [0.05, 0.1) is 11.3 Å². The maximum absolute atomic E-state index is 13.7. The second-order valence-corrected chi connectivity index (χ2v) is 8.28. The number of carbonyl (C=O) groups is 2. The van der Waals surface area contributed by atoms with Gasteiger partial charge in [0.25, 0.3) is 11.8 Å². The van der Waals surface area contributed by atoms with Crippen molar-refractivity contribution >= 4 is 28.8 Å². The third-order valence-electron chi connectivity index (χ3n) is 5.92. The SMILES string of the molecule is Cc1ccc(C2=C(Nc3ccccc3C)C(=O)N(c3ccc4c(c3)OCCO4)C2=O)c(C)c1. The van der Waals surface area contributed by atoms with Crippen LogP contribution in [-0.2, 0) is 9.59 Å². The fraction of sp³-hybridized carbons (Fsp3) is 0.185. The van der Waals surface area contributed by atoms with Gasteiger partial charge in [0.2, 0.25) is 0 Å². The Morgan fingerprint density at radius 1 is 0.788 bits per heavy atom. The van der Waals surface area contributed by atoms with Gasteiger partial charge in [-0.1, -0.05) is 42.0 Å². The second kappa shape index (κ2) is 8.13. The molecule has 0 spiro atoms. The van der Waals surface area contributed by atoms with Gasteiger partial charge < -0.3 is 14.8 Å². The van der Waals surface area contributed by atoms with Crippen molar-refractivity contribution in [3.05, 3.63) is 88.6 Å². The Kier molecular flexibility index (Phi) is 5.13. The first kappa shape index (κ1) is 20.8. The average Bonchev–Trinajstić information content (AvgIpc) is 3.04. The molecule has 0 atom stereocenters. The van der Waals surface area contributed by atoms with Gasteiger partial charge in [-0.25, -0.2) is 4.90 Å². The predicted molar refractivity (Wildman–Crippen MR) is 128 cm³/mol. The van der Waals surface area contributed by atoms with E-state index in [1.807, 2.05) is 63.2 Å². The minimum Gasteiger partial charge on any atom is -0.486 e. The highest BCUT2D eigenvalue weighted by atomic mass is 16.6. The summed E-state index contributed by atoms with van der Waals surface area (Å²) in [7, 11) is 0. The minimum absolute atomic E-state index is 0.260. The van der Waals surface area contributed by atoms with Crippen molar-refractivity contribution in [1.29, 1.82) is 0 Å². The van der Waals surface area contributed by atoms with E-state index in [9.17, 15) is 9.59 Å². The van der Waals surface area contributed by atoms with Gasteiger partial charge >= 0.3 is 0 Å². The van der Waals surface area contributed by atoms with Crippen molar-refractivity contribution in [2.24, 2.45) is 0 Å². The van der Waals surface area contributed by atoms with E-state index in [1.54, 1.807) is 18.2 Å². The molecule has 0 unspecified atom stereocenters. The molecule has 6 heteroatoms. The number of carbonyl (C=O) groups excluding carboxylic acids is 2. The van der Waals surface area contributed by atoms with Gasteiger partial charge in [-0.05, 0) is 55.7 Å². The molecule has 2 aliphatic rings. The topological polar surface area (TPSA) is 67.9 Å². The number of fused-ring (bicyclic) bond motifs is 1. The monoisotopic (exact) mass is 440 g/mol. The fourth-order valence-electron chi connectivity index (χ4n) is 4.24. The van der Waals surface area contributed by atoms with Crippen LogP contribution in [0, 0.1) is 20.8 Å². The number of amides is 2. The minimum atomic E-state index is -0.407. The Morgan fingerprint density at radius 3 is 2.30 bits per heavy atom. The molecule has 3 aromatic carbocycles. The molecule has 1 N–H and O–H groups in total. The lowest BCUT2D eigenvalue weighted by molar-refractivity contribution is -0.120. The number of hydrogen-bond donors (Lipinski definition) is 1. The summed E-state index contributed by atoms with van der Waals surface area (Å²) in [5, 5.41) is 3.25. The molecule has 2 amide bonds. The Morgan fingerprint density at radius 2 is 1.55 bits per heavy atom. The summed E-state index contributed by atoms with van der Waals surface area (Å²) >= 11 is 0. The number of hydrogen-bond acceptors (Lipinski definition) is 5. The molecule has 33 heavy (non-hydrogen) atoms. The quantitative estimate of drug-likeness (QED) is 0.592. The van der Waals surface area contributed by atoms with Gasteiger partial charge in [-0.3, -0.25) is 9.59 Å². The van der Waals surface area contributed by atoms with Crippen molar-refractivity contribution < 1.29 is 19.1 Å². The number of rotatable bonds is 4. The van der Waals surface area contributed by atoms with Gasteiger partial charge in [0, 0.05) is 11.8 Å². The fourth-order valence-corrected chi connectivity index (χ4v) is 4.24. The van der Waals surface area contributed by atoms with E-state index in [1.165, 1.54) is 4.90 Å². The largest absolute Gasteiger partial charge is 0.486 e. The summed E-state index contributed by atoms with van der Waals surface area (Å²) < 4.78 is 11.3. The van der Waals surface area contributed by atoms with Gasteiger partial charge in [-0.15, -0.1) is 0 Å². The standard InChI is InChI=1S/C27H24N2O4/c1-16-8-10-20(18(3)14-16)24-25(28-21-7-5-4-6-17(21)2)27(31)29(26(24)30)19-9-11-22-23(15-19)33-13-12-32-22/h4-11,14-15,28H,12-13H2,1-3H3. The Bertz CT molecular complexity index is 1330. The molecule has 5 rings (SSSR count). The van der Waals surface area contributed by atoms with Crippen molar-refractivity contribution in [2.75, 3.05) is 23.4 Å². The number of imide groups is 1. The van der Waals surface area contributed by atoms with Crippen molar-refractivity contribution in [2.45, 2.75) is 20.8 Å². The van der Waals surface area contributed by atoms with E-state index in [2.05, 4.69) is 5.32 Å². The van der Waals surface area contributed by atoms with Gasteiger partial charge in [0.1, 0.15) is 18.9 Å². The smallest absolute Gasteiger partial charge is 0.282 e. The maximum atomic E-state index is 13.7. The first-order chi connectivity index (χ1) is 15.9. The first-order valence-electron chi connectivity index (χ1n) is 10.9. The van der Waals surface area contributed by atoms with Gasteiger partial charge in [0.15, 0.2) is 11.5 Å². The lowest BCUT2D eigenvalue weighted by Gasteiger charge is -2.21. The van der Waals surface area contributed by atoms with Crippen LogP contribution in [0.15, 0.2) is 66.4 Å². The maximum Gasteiger partial charge on any atom is 0.282 e. The zero-order chi connectivity index (χ0) is 23.1. The van der Waals surface area contributed by atoms with E-state index in [0.29, 0.717) is 36.0 Å². The molecule has 2 heterocycles. The number of nitrogens with zero attached hydrogens (tertiary/aromatic N) is 1. The highest BCUT2D eigenvalue weighted by Gasteiger charge is 2.41. The summed E-state index contributed by atoms with van der Waals surface area (Å²) in [6, 6.07) is 18.7. The van der Waals surface area contributed by atoms with E-state index >= 15 is 0 Å². The Hall–Kier alpha value is -4.06. The van der Waals surface area contributed by atoms with Crippen molar-refractivity contribution in [1.82, 2.24) is 0 Å². The summed E-state index contributed by atoms with van der Waals surface area (Å²) in [6.45, 7) is 6.80. The lowest BCUT2D eigenvalue weighted by Crippen LogP contribution is -2.32. The normalized spacial score (nSPS) is 15.3. The molecule has 0 bridgehead atoms. The third kappa shape index (κ3) is 3.63. The van der Waals surface area contributed by atoms with E-state index in [-0.39, 0.29) is 11.6 Å². The van der Waals surface area contributed by atoms with Crippen LogP contribution in [0.2, 0.25) is 0 Å². The van der Waals surface area contributed by atoms with E-state index < -0.39 is 5.91 Å². The lowest BCUT2D eigenvalue weighted by atomic mass is 9.97. The molecule has 0 saturated heterocycles. The van der Waals surface area contributed by atoms with Crippen LogP contribution in [0.25, 0.3) is 5.57 Å². The van der Waals surface area contributed by atoms with Crippen LogP contribution >= 0.6 is 0 Å². The summed E-state index contributed by atoms with van der Waals surface area (Å²) in [6.07, 6.45) is 0. The molecule has 0 radical (unpaired) electrons. The molecule has 3 aromatic rings. The highest BCUT2D eigenvalue weighted by Crippen LogP contribution is 2.39. The molecule has 0 saturated carbocycles. The van der Waals surface area contributed by atoms with Crippen LogP contribution in [0.3, 0.4) is 0 Å². The molecule has 2 aliphatic heterocycles. The summed E-state index contributed by atoms with van der Waals surface area (Å²) in [5.74, 6) is 0.340. The zero-order valence-electron chi connectivity index (χ0n) is 18.8. The molecule has 0 aliphatic carbocycles. The molecule has 0 fully saturated rings. The molecular formula is C27H24N2O4. The number of aryl methyl sites for hydroxylation is 3. The highest BCUT2D eigenvalue weighted by molar-refractivity contribution is 6.46. The van der Waals surface area contributed by atoms with Crippen LogP contribution in [-0.4, -0.2) is 25.0 Å². The molecule has 166 valence electrons. The van der Waals surface area contributed by atoms with Crippen LogP contribution in [0.5, 0.6) is 11.5 Å². The van der Waals surface area contributed by atoms with Crippen LogP contribution in [0.1, 0.15) is 22.3 Å². The average molecular weight is 440 g/mol. The number of ether oxygens (including phenoxy) is 2. The second-order valence-electron chi connectivity index (χ2n) is 8.28. The Labute approximate surface area is 192 Å². The number of para-hydroxylation sites is 1. The van der Waals surface area contributed by atoms with Crippen LogP contribution in [0.4, 0.5) is 11.4 Å². The third-order valence-corrected chi connectivity index (χ3v) is 5.92. The van der Waals surface area contributed by atoms with Crippen LogP contribution < -0.4 is 19.7 Å². The van der Waals surface area contributed by atoms with Crippen molar-refractivity contribution in [3.63, 3.8) is 0 Å².